The van der Waals surface area contributed by atoms with Gasteiger partial charge in [0.1, 0.15) is 5.76 Å². The Labute approximate surface area is 140 Å². The number of nitrogens with zero attached hydrogens (tertiary/aromatic N) is 4. The Balaban J connectivity index is 1.68. The Bertz CT molecular complexity index is 810. The van der Waals surface area contributed by atoms with Crippen molar-refractivity contribution in [3.05, 3.63) is 29.3 Å². The SMILES string of the molecule is Cc1cc(NC(=O)C(C)Sc2nnc(-c3cccs3)n2N)no1. The normalized spacial score (nSPS) is 12.3. The molecule has 1 amide bonds. The van der Waals surface area contributed by atoms with Crippen LogP contribution in [0.15, 0.2) is 33.3 Å². The minimum absolute atomic E-state index is 0.219. The number of carbonyl (C=O) groups is 1. The summed E-state index contributed by atoms with van der Waals surface area (Å²) in [5, 5.41) is 16.5. The largest absolute Gasteiger partial charge is 0.360 e. The van der Waals surface area contributed by atoms with Gasteiger partial charge < -0.3 is 15.7 Å². The Morgan fingerprint density at radius 2 is 2.35 bits per heavy atom. The van der Waals surface area contributed by atoms with Crippen LogP contribution in [0.4, 0.5) is 5.82 Å². The number of nitrogens with one attached hydrogen (secondary N) is 1. The summed E-state index contributed by atoms with van der Waals surface area (Å²) in [5.74, 6) is 7.38. The highest BCUT2D eigenvalue weighted by Gasteiger charge is 2.21. The number of hydrogen-bond acceptors (Lipinski definition) is 8. The van der Waals surface area contributed by atoms with Crippen molar-refractivity contribution in [2.45, 2.75) is 24.3 Å². The number of nitrogens with two attached hydrogens (primary N) is 1. The molecule has 1 unspecified atom stereocenters. The summed E-state index contributed by atoms with van der Waals surface area (Å²) in [4.78, 5) is 13.1. The second-order valence-electron chi connectivity index (χ2n) is 4.73. The lowest BCUT2D eigenvalue weighted by Gasteiger charge is -2.09. The highest BCUT2D eigenvalue weighted by atomic mass is 32.2. The number of amides is 1. The fourth-order valence-corrected chi connectivity index (χ4v) is 3.27. The molecule has 0 aliphatic heterocycles. The first-order valence-electron chi connectivity index (χ1n) is 6.70. The van der Waals surface area contributed by atoms with Gasteiger partial charge in [-0.05, 0) is 25.3 Å². The average molecular weight is 350 g/mol. The zero-order valence-corrected chi connectivity index (χ0v) is 14.0. The number of carbonyl (C=O) groups excluding carboxylic acids is 1. The molecule has 0 fully saturated rings. The van der Waals surface area contributed by atoms with Crippen molar-refractivity contribution in [2.75, 3.05) is 11.2 Å². The predicted octanol–water partition coefficient (Wildman–Crippen LogP) is 2.14. The maximum absolute atomic E-state index is 12.2. The van der Waals surface area contributed by atoms with Gasteiger partial charge in [-0.1, -0.05) is 23.0 Å². The van der Waals surface area contributed by atoms with E-state index in [4.69, 9.17) is 10.4 Å². The van der Waals surface area contributed by atoms with Crippen molar-refractivity contribution in [1.82, 2.24) is 20.0 Å². The zero-order chi connectivity index (χ0) is 16.4. The van der Waals surface area contributed by atoms with Crippen molar-refractivity contribution >= 4 is 34.8 Å². The second-order valence-corrected chi connectivity index (χ2v) is 6.98. The molecule has 0 saturated heterocycles. The summed E-state index contributed by atoms with van der Waals surface area (Å²) in [6.45, 7) is 3.51. The molecule has 120 valence electrons. The van der Waals surface area contributed by atoms with Crippen LogP contribution in [0.1, 0.15) is 12.7 Å². The first-order valence-corrected chi connectivity index (χ1v) is 8.45. The summed E-state index contributed by atoms with van der Waals surface area (Å²) in [7, 11) is 0. The number of thiophene rings is 1. The van der Waals surface area contributed by atoms with Gasteiger partial charge in [0.15, 0.2) is 11.6 Å². The van der Waals surface area contributed by atoms with Crippen molar-refractivity contribution in [2.24, 2.45) is 0 Å². The van der Waals surface area contributed by atoms with Gasteiger partial charge in [0, 0.05) is 6.07 Å². The lowest BCUT2D eigenvalue weighted by molar-refractivity contribution is -0.115. The third kappa shape index (κ3) is 3.37. The molecule has 0 aromatic carbocycles. The first kappa shape index (κ1) is 15.6. The molecule has 0 bridgehead atoms. The molecule has 3 rings (SSSR count). The fourth-order valence-electron chi connectivity index (χ4n) is 1.80. The highest BCUT2D eigenvalue weighted by Crippen LogP contribution is 2.27. The van der Waals surface area contributed by atoms with E-state index in [2.05, 4.69) is 20.7 Å². The maximum Gasteiger partial charge on any atom is 0.238 e. The van der Waals surface area contributed by atoms with Crippen LogP contribution in [0.3, 0.4) is 0 Å². The predicted molar refractivity (Wildman–Crippen MR) is 88.7 cm³/mol. The van der Waals surface area contributed by atoms with Crippen molar-refractivity contribution < 1.29 is 9.32 Å². The van der Waals surface area contributed by atoms with Gasteiger partial charge in [0.25, 0.3) is 0 Å². The molecule has 0 saturated carbocycles. The average Bonchev–Trinajstić information content (AvgIpc) is 3.23. The van der Waals surface area contributed by atoms with E-state index < -0.39 is 5.25 Å². The number of hydrogen-bond donors (Lipinski definition) is 2. The van der Waals surface area contributed by atoms with Gasteiger partial charge in [-0.25, -0.2) is 4.68 Å². The molecule has 23 heavy (non-hydrogen) atoms. The smallest absolute Gasteiger partial charge is 0.238 e. The van der Waals surface area contributed by atoms with E-state index in [1.165, 1.54) is 27.8 Å². The van der Waals surface area contributed by atoms with Crippen LogP contribution < -0.4 is 11.2 Å². The third-order valence-corrected chi connectivity index (χ3v) is 4.86. The van der Waals surface area contributed by atoms with Crippen LogP contribution in [-0.2, 0) is 4.79 Å². The molecule has 1 atom stereocenters. The van der Waals surface area contributed by atoms with Gasteiger partial charge in [0.2, 0.25) is 11.1 Å². The molecule has 3 N–H and O–H groups in total. The van der Waals surface area contributed by atoms with E-state index in [-0.39, 0.29) is 5.91 Å². The van der Waals surface area contributed by atoms with Crippen LogP contribution >= 0.6 is 23.1 Å². The molecule has 3 aromatic heterocycles. The minimum atomic E-state index is -0.422. The molecule has 0 spiro atoms. The van der Waals surface area contributed by atoms with E-state index in [1.807, 2.05) is 17.5 Å². The monoisotopic (exact) mass is 350 g/mol. The quantitative estimate of drug-likeness (QED) is 0.535. The minimum Gasteiger partial charge on any atom is -0.360 e. The molecular formula is C13H14N6O2S2. The Hall–Kier alpha value is -2.33. The van der Waals surface area contributed by atoms with Crippen molar-refractivity contribution in [1.29, 1.82) is 0 Å². The van der Waals surface area contributed by atoms with Gasteiger partial charge in [-0.2, -0.15) is 0 Å². The van der Waals surface area contributed by atoms with E-state index in [0.29, 0.717) is 22.6 Å². The molecule has 8 nitrogen and oxygen atoms in total. The lowest BCUT2D eigenvalue weighted by atomic mass is 10.4. The highest BCUT2D eigenvalue weighted by molar-refractivity contribution is 8.00. The molecule has 10 heteroatoms. The Morgan fingerprint density at radius 3 is 3.00 bits per heavy atom. The number of thioether (sulfide) groups is 1. The summed E-state index contributed by atoms with van der Waals surface area (Å²) < 4.78 is 6.30. The summed E-state index contributed by atoms with van der Waals surface area (Å²) in [6, 6.07) is 5.47. The van der Waals surface area contributed by atoms with Crippen molar-refractivity contribution in [3.63, 3.8) is 0 Å². The third-order valence-electron chi connectivity index (χ3n) is 2.94. The molecule has 3 aromatic rings. The van der Waals surface area contributed by atoms with Gasteiger partial charge in [0.05, 0.1) is 10.1 Å². The van der Waals surface area contributed by atoms with Gasteiger partial charge in [-0.3, -0.25) is 4.79 Å². The lowest BCUT2D eigenvalue weighted by Crippen LogP contribution is -2.23. The van der Waals surface area contributed by atoms with Crippen LogP contribution in [0.2, 0.25) is 0 Å². The van der Waals surface area contributed by atoms with E-state index in [9.17, 15) is 4.79 Å². The fraction of sp³-hybridized carbons (Fsp3) is 0.231. The van der Waals surface area contributed by atoms with Crippen LogP contribution in [0.25, 0.3) is 10.7 Å². The summed E-state index contributed by atoms with van der Waals surface area (Å²) in [5.41, 5.74) is 0. The summed E-state index contributed by atoms with van der Waals surface area (Å²) in [6.07, 6.45) is 0. The van der Waals surface area contributed by atoms with Gasteiger partial charge in [-0.15, -0.1) is 21.5 Å². The van der Waals surface area contributed by atoms with Crippen LogP contribution in [0.5, 0.6) is 0 Å². The molecule has 0 aliphatic carbocycles. The standard InChI is InChI=1S/C13H14N6O2S2/c1-7-6-10(18-21-7)15-12(20)8(2)23-13-17-16-11(19(13)14)9-4-3-5-22-9/h3-6,8H,14H2,1-2H3,(H,15,18,20). The number of nitrogen functional groups attached to an aromatic ring is 1. The zero-order valence-electron chi connectivity index (χ0n) is 12.4. The summed E-state index contributed by atoms with van der Waals surface area (Å²) >= 11 is 2.74. The molecule has 0 aliphatic rings. The van der Waals surface area contributed by atoms with E-state index in [0.717, 1.165) is 4.88 Å². The van der Waals surface area contributed by atoms with Gasteiger partial charge >= 0.3 is 0 Å². The molecule has 0 radical (unpaired) electrons. The second kappa shape index (κ2) is 6.42. The molecule has 3 heterocycles. The number of aryl methyl sites for hydroxylation is 1. The maximum atomic E-state index is 12.2. The number of anilines is 1. The number of aromatic nitrogens is 4. The Kier molecular flexibility index (Phi) is 4.35. The molecular weight excluding hydrogens is 336 g/mol. The Morgan fingerprint density at radius 1 is 1.52 bits per heavy atom. The number of rotatable bonds is 5. The van der Waals surface area contributed by atoms with Crippen LogP contribution in [0, 0.1) is 6.92 Å². The first-order chi connectivity index (χ1) is 11.0. The van der Waals surface area contributed by atoms with E-state index >= 15 is 0 Å². The van der Waals surface area contributed by atoms with Crippen LogP contribution in [-0.4, -0.2) is 31.2 Å². The van der Waals surface area contributed by atoms with Crippen molar-refractivity contribution in [3.8, 4) is 10.7 Å². The van der Waals surface area contributed by atoms with E-state index in [1.54, 1.807) is 19.9 Å². The topological polar surface area (TPSA) is 112 Å².